The van der Waals surface area contributed by atoms with Crippen LogP contribution in [0.3, 0.4) is 0 Å². The molecule has 3 rings (SSSR count). The van der Waals surface area contributed by atoms with Crippen LogP contribution in [0.2, 0.25) is 0 Å². The van der Waals surface area contributed by atoms with Crippen LogP contribution < -0.4 is 19.1 Å². The van der Waals surface area contributed by atoms with E-state index in [-0.39, 0.29) is 5.91 Å². The highest BCUT2D eigenvalue weighted by molar-refractivity contribution is 6.05. The summed E-state index contributed by atoms with van der Waals surface area (Å²) in [5.41, 5.74) is 1.44. The number of benzene rings is 2. The average Bonchev–Trinajstić information content (AvgIpc) is 2.64. The van der Waals surface area contributed by atoms with Gasteiger partial charge >= 0.3 is 0 Å². The molecule has 1 amide bonds. The second kappa shape index (κ2) is 6.41. The molecule has 6 heteroatoms. The third kappa shape index (κ3) is 2.65. The first-order chi connectivity index (χ1) is 11.6. The molecule has 0 spiro atoms. The molecule has 1 saturated heterocycles. The van der Waals surface area contributed by atoms with E-state index in [0.29, 0.717) is 22.9 Å². The minimum absolute atomic E-state index is 0.341. The molecule has 1 aliphatic rings. The van der Waals surface area contributed by atoms with Crippen molar-refractivity contribution in [3.05, 3.63) is 48.0 Å². The van der Waals surface area contributed by atoms with Crippen LogP contribution in [0.25, 0.3) is 0 Å². The number of amides is 1. The van der Waals surface area contributed by atoms with Gasteiger partial charge in [0, 0.05) is 11.8 Å². The molecule has 6 nitrogen and oxygen atoms in total. The Hall–Kier alpha value is -2.73. The van der Waals surface area contributed by atoms with Crippen molar-refractivity contribution in [2.24, 2.45) is 0 Å². The molecule has 1 heterocycles. The number of carbonyl (C=O) groups is 1. The van der Waals surface area contributed by atoms with Gasteiger partial charge in [-0.3, -0.25) is 9.69 Å². The van der Waals surface area contributed by atoms with Crippen LogP contribution in [-0.2, 0) is 4.79 Å². The molecule has 0 aliphatic carbocycles. The molecule has 126 valence electrons. The predicted octanol–water partition coefficient (Wildman–Crippen LogP) is 2.16. The van der Waals surface area contributed by atoms with Crippen molar-refractivity contribution < 1.29 is 24.1 Å². The maximum atomic E-state index is 12.2. The van der Waals surface area contributed by atoms with Gasteiger partial charge in [0.15, 0.2) is 6.10 Å². The van der Waals surface area contributed by atoms with E-state index in [9.17, 15) is 9.90 Å². The van der Waals surface area contributed by atoms with Crippen LogP contribution >= 0.6 is 0 Å². The second-order valence-electron chi connectivity index (χ2n) is 5.44. The standard InChI is InChI=1S/C18H19NO5/c1-22-13-6-4-12(5-7-13)19-16(17(20)18(19)21)11-8-14(23-2)10-15(9-11)24-3/h4-10,16-17,20H,1-3H3. The van der Waals surface area contributed by atoms with Crippen molar-refractivity contribution in [2.75, 3.05) is 26.2 Å². The molecule has 0 aromatic heterocycles. The van der Waals surface area contributed by atoms with Crippen molar-refractivity contribution in [3.63, 3.8) is 0 Å². The minimum atomic E-state index is -1.09. The van der Waals surface area contributed by atoms with Gasteiger partial charge in [0.25, 0.3) is 5.91 Å². The Morgan fingerprint density at radius 3 is 1.92 bits per heavy atom. The van der Waals surface area contributed by atoms with Crippen molar-refractivity contribution >= 4 is 11.6 Å². The number of β-lactam (4-membered cyclic amide) rings is 1. The van der Waals surface area contributed by atoms with Crippen molar-refractivity contribution in [1.29, 1.82) is 0 Å². The second-order valence-corrected chi connectivity index (χ2v) is 5.44. The first kappa shape index (κ1) is 16.1. The lowest BCUT2D eigenvalue weighted by atomic mass is 9.89. The van der Waals surface area contributed by atoms with E-state index >= 15 is 0 Å². The van der Waals surface area contributed by atoms with E-state index < -0.39 is 12.1 Å². The van der Waals surface area contributed by atoms with Gasteiger partial charge in [-0.2, -0.15) is 0 Å². The fourth-order valence-corrected chi connectivity index (χ4v) is 2.84. The van der Waals surface area contributed by atoms with E-state index in [1.54, 1.807) is 68.7 Å². The molecule has 1 aliphatic heterocycles. The van der Waals surface area contributed by atoms with Gasteiger partial charge in [0.1, 0.15) is 17.2 Å². The molecule has 2 atom stereocenters. The van der Waals surface area contributed by atoms with Crippen molar-refractivity contribution in [2.45, 2.75) is 12.1 Å². The monoisotopic (exact) mass is 329 g/mol. The summed E-state index contributed by atoms with van der Waals surface area (Å²) in [6, 6.07) is 12.0. The van der Waals surface area contributed by atoms with E-state index in [1.165, 1.54) is 0 Å². The lowest BCUT2D eigenvalue weighted by molar-refractivity contribution is -0.137. The number of aliphatic hydroxyl groups is 1. The number of hydrogen-bond donors (Lipinski definition) is 1. The number of anilines is 1. The summed E-state index contributed by atoms with van der Waals surface area (Å²) in [7, 11) is 4.70. The van der Waals surface area contributed by atoms with Crippen LogP contribution in [-0.4, -0.2) is 38.4 Å². The molecule has 2 aromatic rings. The van der Waals surface area contributed by atoms with Gasteiger partial charge in [0.2, 0.25) is 0 Å². The first-order valence-corrected chi connectivity index (χ1v) is 7.47. The molecular formula is C18H19NO5. The maximum absolute atomic E-state index is 12.2. The molecular weight excluding hydrogens is 310 g/mol. The van der Waals surface area contributed by atoms with Crippen LogP contribution in [0.1, 0.15) is 11.6 Å². The Balaban J connectivity index is 1.97. The first-order valence-electron chi connectivity index (χ1n) is 7.47. The summed E-state index contributed by atoms with van der Waals surface area (Å²) in [5.74, 6) is 1.56. The topological polar surface area (TPSA) is 68.2 Å². The summed E-state index contributed by atoms with van der Waals surface area (Å²) in [4.78, 5) is 13.7. The van der Waals surface area contributed by atoms with Gasteiger partial charge < -0.3 is 19.3 Å². The minimum Gasteiger partial charge on any atom is -0.497 e. The number of carbonyl (C=O) groups excluding carboxylic acids is 1. The van der Waals surface area contributed by atoms with Gasteiger partial charge in [-0.05, 0) is 42.0 Å². The van der Waals surface area contributed by atoms with E-state index in [1.807, 2.05) is 0 Å². The quantitative estimate of drug-likeness (QED) is 0.852. The fourth-order valence-electron chi connectivity index (χ4n) is 2.84. The Bertz CT molecular complexity index is 721. The molecule has 2 aromatic carbocycles. The zero-order chi connectivity index (χ0) is 17.3. The average molecular weight is 329 g/mol. The highest BCUT2D eigenvalue weighted by atomic mass is 16.5. The Morgan fingerprint density at radius 2 is 1.42 bits per heavy atom. The molecule has 1 fully saturated rings. The summed E-state index contributed by atoms with van der Waals surface area (Å²) in [6.45, 7) is 0. The summed E-state index contributed by atoms with van der Waals surface area (Å²) < 4.78 is 15.7. The van der Waals surface area contributed by atoms with Crippen LogP contribution in [0.5, 0.6) is 17.2 Å². The van der Waals surface area contributed by atoms with Gasteiger partial charge in [-0.25, -0.2) is 0 Å². The highest BCUT2D eigenvalue weighted by Gasteiger charge is 2.48. The highest BCUT2D eigenvalue weighted by Crippen LogP contribution is 2.41. The summed E-state index contributed by atoms with van der Waals surface area (Å²) in [6.07, 6.45) is -1.09. The fraction of sp³-hybridized carbons (Fsp3) is 0.278. The van der Waals surface area contributed by atoms with E-state index in [0.717, 1.165) is 5.56 Å². The van der Waals surface area contributed by atoms with Crippen molar-refractivity contribution in [1.82, 2.24) is 0 Å². The predicted molar refractivity (Wildman–Crippen MR) is 88.8 cm³/mol. The molecule has 0 saturated carbocycles. The maximum Gasteiger partial charge on any atom is 0.259 e. The molecule has 1 N–H and O–H groups in total. The van der Waals surface area contributed by atoms with Crippen molar-refractivity contribution in [3.8, 4) is 17.2 Å². The van der Waals surface area contributed by atoms with Gasteiger partial charge in [0.05, 0.1) is 27.4 Å². The number of ether oxygens (including phenoxy) is 3. The molecule has 2 unspecified atom stereocenters. The normalized spacial score (nSPS) is 19.7. The Kier molecular flexibility index (Phi) is 4.31. The third-order valence-corrected chi connectivity index (χ3v) is 4.13. The van der Waals surface area contributed by atoms with Gasteiger partial charge in [-0.15, -0.1) is 0 Å². The summed E-state index contributed by atoms with van der Waals surface area (Å²) >= 11 is 0. The zero-order valence-electron chi connectivity index (χ0n) is 13.7. The van der Waals surface area contributed by atoms with E-state index in [4.69, 9.17) is 14.2 Å². The Morgan fingerprint density at radius 1 is 0.875 bits per heavy atom. The number of rotatable bonds is 5. The molecule has 0 bridgehead atoms. The smallest absolute Gasteiger partial charge is 0.259 e. The number of methoxy groups -OCH3 is 3. The lowest BCUT2D eigenvalue weighted by Crippen LogP contribution is -2.59. The SMILES string of the molecule is COc1ccc(N2C(=O)C(O)C2c2cc(OC)cc(OC)c2)cc1. The number of nitrogens with zero attached hydrogens (tertiary/aromatic N) is 1. The van der Waals surface area contributed by atoms with E-state index in [2.05, 4.69) is 0 Å². The number of aliphatic hydroxyl groups excluding tert-OH is 1. The van der Waals surface area contributed by atoms with Crippen LogP contribution in [0.4, 0.5) is 5.69 Å². The van der Waals surface area contributed by atoms with Crippen LogP contribution in [0.15, 0.2) is 42.5 Å². The Labute approximate surface area is 140 Å². The van der Waals surface area contributed by atoms with Gasteiger partial charge in [-0.1, -0.05) is 0 Å². The zero-order valence-corrected chi connectivity index (χ0v) is 13.7. The molecule has 0 radical (unpaired) electrons. The van der Waals surface area contributed by atoms with Crippen LogP contribution in [0, 0.1) is 0 Å². The lowest BCUT2D eigenvalue weighted by Gasteiger charge is -2.44. The third-order valence-electron chi connectivity index (χ3n) is 4.13. The largest absolute Gasteiger partial charge is 0.497 e. The molecule has 24 heavy (non-hydrogen) atoms. The summed E-state index contributed by atoms with van der Waals surface area (Å²) in [5, 5.41) is 10.2. The number of hydrogen-bond acceptors (Lipinski definition) is 5.